The summed E-state index contributed by atoms with van der Waals surface area (Å²) in [6.45, 7) is 24.4. The highest BCUT2D eigenvalue weighted by molar-refractivity contribution is 7.20. The number of anilines is 6. The predicted molar refractivity (Wildman–Crippen MR) is 269 cm³/mol. The van der Waals surface area contributed by atoms with E-state index in [4.69, 9.17) is 0 Å². The van der Waals surface area contributed by atoms with E-state index in [0.29, 0.717) is 0 Å². The van der Waals surface area contributed by atoms with Crippen molar-refractivity contribution in [1.29, 1.82) is 0 Å². The maximum atomic E-state index is 2.72. The van der Waals surface area contributed by atoms with Crippen molar-refractivity contribution < 1.29 is 0 Å². The molecule has 0 saturated carbocycles. The quantitative estimate of drug-likeness (QED) is 0.160. The zero-order valence-corrected chi connectivity index (χ0v) is 39.0. The van der Waals surface area contributed by atoms with Crippen molar-refractivity contribution >= 4 is 84.7 Å². The van der Waals surface area contributed by atoms with Gasteiger partial charge < -0.3 is 9.80 Å². The summed E-state index contributed by atoms with van der Waals surface area (Å²) in [6.07, 6.45) is 7.08. The van der Waals surface area contributed by atoms with E-state index in [-0.39, 0.29) is 28.4 Å². The molecule has 0 fully saturated rings. The molecule has 4 heteroatoms. The number of nitrogens with zero attached hydrogens (tertiary/aromatic N) is 2. The second-order valence-electron chi connectivity index (χ2n) is 22.0. The fourth-order valence-corrected chi connectivity index (χ4v) is 13.2. The van der Waals surface area contributed by atoms with E-state index in [0.717, 1.165) is 12.8 Å². The van der Waals surface area contributed by atoms with Gasteiger partial charge in [0.2, 0.25) is 0 Å². The summed E-state index contributed by atoms with van der Waals surface area (Å²) in [7, 11) is 0. The van der Waals surface area contributed by atoms with Crippen LogP contribution in [0.2, 0.25) is 0 Å². The van der Waals surface area contributed by atoms with Gasteiger partial charge in [-0.1, -0.05) is 135 Å². The van der Waals surface area contributed by atoms with E-state index in [1.165, 1.54) is 128 Å². The lowest BCUT2D eigenvalue weighted by atomic mass is 9.33. The molecular weight excluding hydrogens is 768 g/mol. The monoisotopic (exact) mass is 824 g/mol. The van der Waals surface area contributed by atoms with Crippen LogP contribution in [-0.4, -0.2) is 6.71 Å². The number of fused-ring (bicyclic) bond motifs is 6. The van der Waals surface area contributed by atoms with Crippen LogP contribution < -0.4 is 26.2 Å². The van der Waals surface area contributed by atoms with Gasteiger partial charge in [-0.05, 0) is 158 Å². The Labute approximate surface area is 373 Å². The first-order valence-electron chi connectivity index (χ1n) is 23.0. The van der Waals surface area contributed by atoms with Crippen LogP contribution in [0.25, 0.3) is 27.3 Å². The lowest BCUT2D eigenvalue weighted by molar-refractivity contribution is 0.332. The molecule has 0 amide bonds. The number of thiophene rings is 1. The van der Waals surface area contributed by atoms with E-state index in [2.05, 4.69) is 194 Å². The van der Waals surface area contributed by atoms with E-state index in [1.807, 2.05) is 11.3 Å². The van der Waals surface area contributed by atoms with Gasteiger partial charge in [0.25, 0.3) is 6.71 Å². The highest BCUT2D eigenvalue weighted by Gasteiger charge is 2.48. The van der Waals surface area contributed by atoms with Gasteiger partial charge in [0, 0.05) is 48.8 Å². The minimum absolute atomic E-state index is 0.00933. The maximum Gasteiger partial charge on any atom is 0.252 e. The normalized spacial score (nSPS) is 18.3. The average molecular weight is 825 g/mol. The van der Waals surface area contributed by atoms with Crippen LogP contribution in [0.3, 0.4) is 0 Å². The SMILES string of the molecule is Cc1ccc(-c2ccccc2)cc1N1c2cc3c(cc2B2c4ccc(C(C)(C)C)cc4N4c5cc(cc1c52)C(C)(C)C1=Cc2sc5cccc4c5c2CC1)C(C)(C)CCC3(C)C. The molecule has 0 radical (unpaired) electrons. The Kier molecular flexibility index (Phi) is 7.83. The summed E-state index contributed by atoms with van der Waals surface area (Å²) in [5.41, 5.74) is 24.7. The zero-order chi connectivity index (χ0) is 42.8. The Morgan fingerprint density at radius 2 is 1.29 bits per heavy atom. The Balaban J connectivity index is 1.26. The fourth-order valence-electron chi connectivity index (χ4n) is 12.0. The lowest BCUT2D eigenvalue weighted by Gasteiger charge is -2.48. The summed E-state index contributed by atoms with van der Waals surface area (Å²) in [5, 5.41) is 1.43. The third-order valence-electron chi connectivity index (χ3n) is 16.0. The summed E-state index contributed by atoms with van der Waals surface area (Å²) in [6, 6.07) is 43.3. The van der Waals surface area contributed by atoms with Crippen LogP contribution in [0.15, 0.2) is 115 Å². The van der Waals surface area contributed by atoms with E-state index >= 15 is 0 Å². The number of hydrogen-bond donors (Lipinski definition) is 0. The van der Waals surface area contributed by atoms with Crippen molar-refractivity contribution in [3.05, 3.63) is 153 Å². The van der Waals surface area contributed by atoms with Gasteiger partial charge in [-0.25, -0.2) is 0 Å². The van der Waals surface area contributed by atoms with Crippen LogP contribution in [-0.2, 0) is 28.1 Å². The molecule has 308 valence electrons. The first-order valence-corrected chi connectivity index (χ1v) is 23.9. The van der Waals surface area contributed by atoms with Crippen LogP contribution in [0, 0.1) is 6.92 Å². The standard InChI is InChI=1S/C58H57BN2S/c1-34-19-20-36(35-15-12-11-13-16-35)27-46(34)61-48-33-42-41(56(5,6)25-26-57(42,7)8)32-44(48)59-43-24-22-37(55(2,3)4)28-47(43)60-45-17-14-18-51-53(45)40-23-21-38(31-52(40)62-51)58(9,10)39-29-49(60)54(59)50(61)30-39/h11-20,22,24,27-33H,21,23,25-26H2,1-10H3. The topological polar surface area (TPSA) is 6.48 Å². The Bertz CT molecular complexity index is 3120. The zero-order valence-electron chi connectivity index (χ0n) is 38.2. The highest BCUT2D eigenvalue weighted by atomic mass is 32.1. The summed E-state index contributed by atoms with van der Waals surface area (Å²) >= 11 is 1.99. The molecule has 6 bridgehead atoms. The van der Waals surface area contributed by atoms with Crippen molar-refractivity contribution in [2.75, 3.05) is 9.80 Å². The molecule has 1 aromatic heterocycles. The molecule has 0 spiro atoms. The minimum atomic E-state index is -0.189. The smallest absolute Gasteiger partial charge is 0.252 e. The van der Waals surface area contributed by atoms with Crippen LogP contribution in [0.1, 0.15) is 120 Å². The molecule has 6 aromatic carbocycles. The molecule has 5 heterocycles. The molecule has 2 nitrogen and oxygen atoms in total. The molecule has 7 aromatic rings. The van der Waals surface area contributed by atoms with Crippen molar-refractivity contribution in [3.63, 3.8) is 0 Å². The van der Waals surface area contributed by atoms with Gasteiger partial charge in [-0.3, -0.25) is 0 Å². The van der Waals surface area contributed by atoms with Crippen molar-refractivity contribution in [3.8, 4) is 11.1 Å². The van der Waals surface area contributed by atoms with Crippen LogP contribution >= 0.6 is 11.3 Å². The predicted octanol–water partition coefficient (Wildman–Crippen LogP) is 14.2. The molecule has 0 atom stereocenters. The number of aryl methyl sites for hydroxylation is 2. The molecule has 2 aliphatic carbocycles. The van der Waals surface area contributed by atoms with E-state index in [1.54, 1.807) is 0 Å². The molecular formula is C58H57BN2S. The third kappa shape index (κ3) is 5.29. The van der Waals surface area contributed by atoms with Crippen LogP contribution in [0.5, 0.6) is 0 Å². The number of hydrogen-bond acceptors (Lipinski definition) is 3. The Morgan fingerprint density at radius 1 is 0.597 bits per heavy atom. The van der Waals surface area contributed by atoms with Gasteiger partial charge in [-0.2, -0.15) is 0 Å². The molecule has 6 aliphatic rings. The first-order chi connectivity index (χ1) is 29.5. The molecule has 0 saturated heterocycles. The third-order valence-corrected chi connectivity index (χ3v) is 17.1. The average Bonchev–Trinajstić information content (AvgIpc) is 3.63. The molecule has 4 aliphatic heterocycles. The van der Waals surface area contributed by atoms with Crippen molar-refractivity contribution in [2.24, 2.45) is 0 Å². The maximum absolute atomic E-state index is 2.72. The fraction of sp³-hybridized carbons (Fsp3) is 0.310. The first kappa shape index (κ1) is 38.4. The van der Waals surface area contributed by atoms with Crippen LogP contribution in [0.4, 0.5) is 34.1 Å². The summed E-state index contributed by atoms with van der Waals surface area (Å²) in [5.74, 6) is 0. The second-order valence-corrected chi connectivity index (χ2v) is 23.1. The van der Waals surface area contributed by atoms with Gasteiger partial charge in [0.15, 0.2) is 0 Å². The molecule has 0 unspecified atom stereocenters. The largest absolute Gasteiger partial charge is 0.311 e. The van der Waals surface area contributed by atoms with Gasteiger partial charge in [-0.15, -0.1) is 11.3 Å². The minimum Gasteiger partial charge on any atom is -0.311 e. The van der Waals surface area contributed by atoms with Crippen molar-refractivity contribution in [2.45, 2.75) is 117 Å². The van der Waals surface area contributed by atoms with Gasteiger partial charge in [0.05, 0.1) is 5.69 Å². The highest BCUT2D eigenvalue weighted by Crippen LogP contribution is 2.55. The number of rotatable bonds is 2. The van der Waals surface area contributed by atoms with Gasteiger partial charge >= 0.3 is 0 Å². The number of allylic oxidation sites excluding steroid dienone is 1. The summed E-state index contributed by atoms with van der Waals surface area (Å²) < 4.78 is 1.39. The summed E-state index contributed by atoms with van der Waals surface area (Å²) in [4.78, 5) is 6.88. The lowest BCUT2D eigenvalue weighted by Crippen LogP contribution is -2.62. The van der Waals surface area contributed by atoms with Gasteiger partial charge in [0.1, 0.15) is 0 Å². The van der Waals surface area contributed by atoms with Crippen molar-refractivity contribution in [1.82, 2.24) is 0 Å². The molecule has 0 N–H and O–H groups in total. The Hall–Kier alpha value is -5.32. The molecule has 62 heavy (non-hydrogen) atoms. The number of benzene rings is 6. The Morgan fingerprint density at radius 3 is 2.02 bits per heavy atom. The molecule has 13 rings (SSSR count). The van der Waals surface area contributed by atoms with E-state index in [9.17, 15) is 0 Å². The van der Waals surface area contributed by atoms with E-state index < -0.39 is 0 Å². The second kappa shape index (κ2) is 12.7.